The molecule has 0 spiro atoms. The molecule has 0 fully saturated rings. The van der Waals surface area contributed by atoms with Crippen molar-refractivity contribution in [1.29, 1.82) is 0 Å². The van der Waals surface area contributed by atoms with Crippen LogP contribution in [0.2, 0.25) is 0 Å². The first-order valence-corrected chi connectivity index (χ1v) is 8.39. The Bertz CT molecular complexity index is 776. The van der Waals surface area contributed by atoms with Gasteiger partial charge >= 0.3 is 0 Å². The second kappa shape index (κ2) is 8.24. The van der Waals surface area contributed by atoms with E-state index in [2.05, 4.69) is 10.9 Å². The number of ether oxygens (including phenoxy) is 3. The summed E-state index contributed by atoms with van der Waals surface area (Å²) in [4.78, 5) is 24.3. The minimum absolute atomic E-state index is 0.0716. The lowest BCUT2D eigenvalue weighted by atomic mass is 10.2. The van der Waals surface area contributed by atoms with Crippen molar-refractivity contribution in [3.8, 4) is 17.2 Å². The number of fused-ring (bicyclic) bond motifs is 1. The van der Waals surface area contributed by atoms with Gasteiger partial charge in [0.1, 0.15) is 12.4 Å². The molecule has 2 N–H and O–H groups in total. The molecule has 2 aromatic rings. The summed E-state index contributed by atoms with van der Waals surface area (Å²) in [6.07, 6.45) is 0.0705. The number of carbonyl (C=O) groups excluding carboxylic acids is 2. The first-order chi connectivity index (χ1) is 12.7. The molecule has 0 aliphatic carbocycles. The molecule has 1 atom stereocenters. The Morgan fingerprint density at radius 2 is 1.81 bits per heavy atom. The highest BCUT2D eigenvalue weighted by Gasteiger charge is 2.27. The van der Waals surface area contributed by atoms with Crippen LogP contribution in [0.3, 0.4) is 0 Å². The molecule has 2 aromatic carbocycles. The van der Waals surface area contributed by atoms with Crippen molar-refractivity contribution in [2.24, 2.45) is 0 Å². The molecule has 1 heterocycles. The van der Waals surface area contributed by atoms with E-state index in [-0.39, 0.29) is 6.61 Å². The van der Waals surface area contributed by atoms with E-state index in [4.69, 9.17) is 14.2 Å². The summed E-state index contributed by atoms with van der Waals surface area (Å²) in [7, 11) is 0. The molecule has 0 aromatic heterocycles. The highest BCUT2D eigenvalue weighted by Crippen LogP contribution is 2.30. The molecule has 2 amide bonds. The zero-order chi connectivity index (χ0) is 18.4. The number of hydrogen-bond donors (Lipinski definition) is 2. The maximum Gasteiger partial charge on any atom is 0.283 e. The van der Waals surface area contributed by atoms with E-state index in [1.807, 2.05) is 13.0 Å². The van der Waals surface area contributed by atoms with Gasteiger partial charge in [-0.25, -0.2) is 0 Å². The van der Waals surface area contributed by atoms with E-state index in [0.717, 1.165) is 6.42 Å². The van der Waals surface area contributed by atoms with Gasteiger partial charge in [0.05, 0.1) is 6.61 Å². The second-order valence-corrected chi connectivity index (χ2v) is 5.68. The molecule has 26 heavy (non-hydrogen) atoms. The predicted octanol–water partition coefficient (Wildman–Crippen LogP) is 2.08. The molecule has 1 aliphatic rings. The van der Waals surface area contributed by atoms with Gasteiger partial charge in [-0.1, -0.05) is 19.1 Å². The van der Waals surface area contributed by atoms with E-state index in [1.54, 1.807) is 42.5 Å². The molecule has 0 bridgehead atoms. The van der Waals surface area contributed by atoms with Crippen molar-refractivity contribution in [2.45, 2.75) is 19.4 Å². The van der Waals surface area contributed by atoms with Crippen LogP contribution in [-0.4, -0.2) is 31.1 Å². The molecule has 136 valence electrons. The number of para-hydroxylation sites is 2. The Kier molecular flexibility index (Phi) is 5.58. The summed E-state index contributed by atoms with van der Waals surface area (Å²) in [5, 5.41) is 0. The summed E-state index contributed by atoms with van der Waals surface area (Å²) < 4.78 is 16.5. The third kappa shape index (κ3) is 4.24. The Hall–Kier alpha value is -3.22. The highest BCUT2D eigenvalue weighted by molar-refractivity contribution is 5.95. The molecule has 0 radical (unpaired) electrons. The van der Waals surface area contributed by atoms with Gasteiger partial charge in [-0.15, -0.1) is 0 Å². The molecule has 0 unspecified atom stereocenters. The molecule has 3 rings (SSSR count). The topological polar surface area (TPSA) is 85.9 Å². The molecule has 0 saturated heterocycles. The van der Waals surface area contributed by atoms with Crippen LogP contribution in [0.5, 0.6) is 17.2 Å². The highest BCUT2D eigenvalue weighted by atomic mass is 16.6. The zero-order valence-corrected chi connectivity index (χ0v) is 14.4. The number of hydrogen-bond acceptors (Lipinski definition) is 5. The van der Waals surface area contributed by atoms with Gasteiger partial charge in [0, 0.05) is 5.56 Å². The fraction of sp³-hybridized carbons (Fsp3) is 0.263. The SMILES string of the molecule is CCCOc1ccc(C(=O)NNC(=O)[C@H]2COc3ccccc3O2)cc1. The van der Waals surface area contributed by atoms with Gasteiger partial charge in [-0.2, -0.15) is 0 Å². The first kappa shape index (κ1) is 17.6. The lowest BCUT2D eigenvalue weighted by Crippen LogP contribution is -2.50. The number of nitrogens with one attached hydrogen (secondary N) is 2. The zero-order valence-electron chi connectivity index (χ0n) is 14.4. The van der Waals surface area contributed by atoms with Crippen LogP contribution < -0.4 is 25.1 Å². The molecule has 7 heteroatoms. The maximum absolute atomic E-state index is 12.2. The Morgan fingerprint density at radius 3 is 2.54 bits per heavy atom. The standard InChI is InChI=1S/C19H20N2O5/c1-2-11-24-14-9-7-13(8-10-14)18(22)20-21-19(23)17-12-25-15-5-3-4-6-16(15)26-17/h3-10,17H,2,11-12H2,1H3,(H,20,22)(H,21,23)/t17-/m1/s1. The van der Waals surface area contributed by atoms with E-state index in [1.165, 1.54) is 0 Å². The number of amides is 2. The van der Waals surface area contributed by atoms with Crippen LogP contribution in [0.4, 0.5) is 0 Å². The van der Waals surface area contributed by atoms with Gasteiger partial charge in [0.25, 0.3) is 11.8 Å². The van der Waals surface area contributed by atoms with Crippen molar-refractivity contribution < 1.29 is 23.8 Å². The van der Waals surface area contributed by atoms with E-state index in [9.17, 15) is 9.59 Å². The van der Waals surface area contributed by atoms with Gasteiger partial charge in [-0.05, 0) is 42.8 Å². The van der Waals surface area contributed by atoms with E-state index < -0.39 is 17.9 Å². The van der Waals surface area contributed by atoms with Crippen LogP contribution in [0.1, 0.15) is 23.7 Å². The van der Waals surface area contributed by atoms with E-state index in [0.29, 0.717) is 29.4 Å². The van der Waals surface area contributed by atoms with Crippen LogP contribution in [0.15, 0.2) is 48.5 Å². The summed E-state index contributed by atoms with van der Waals surface area (Å²) in [6.45, 7) is 2.71. The summed E-state index contributed by atoms with van der Waals surface area (Å²) in [5.41, 5.74) is 5.13. The van der Waals surface area contributed by atoms with Crippen molar-refractivity contribution in [3.05, 3.63) is 54.1 Å². The van der Waals surface area contributed by atoms with Gasteiger partial charge in [0.15, 0.2) is 11.5 Å². The fourth-order valence-corrected chi connectivity index (χ4v) is 2.34. The lowest BCUT2D eigenvalue weighted by molar-refractivity contribution is -0.131. The predicted molar refractivity (Wildman–Crippen MR) is 94.2 cm³/mol. The maximum atomic E-state index is 12.2. The molecular weight excluding hydrogens is 336 g/mol. The largest absolute Gasteiger partial charge is 0.494 e. The summed E-state index contributed by atoms with van der Waals surface area (Å²) in [6, 6.07) is 13.8. The number of benzene rings is 2. The Balaban J connectivity index is 1.50. The third-order valence-corrected chi connectivity index (χ3v) is 3.69. The molecular formula is C19H20N2O5. The Labute approximate surface area is 151 Å². The normalized spacial score (nSPS) is 15.0. The average Bonchev–Trinajstić information content (AvgIpc) is 2.70. The minimum atomic E-state index is -0.838. The second-order valence-electron chi connectivity index (χ2n) is 5.68. The van der Waals surface area contributed by atoms with Crippen molar-refractivity contribution >= 4 is 11.8 Å². The Morgan fingerprint density at radius 1 is 1.08 bits per heavy atom. The third-order valence-electron chi connectivity index (χ3n) is 3.69. The van der Waals surface area contributed by atoms with Crippen molar-refractivity contribution in [1.82, 2.24) is 10.9 Å². The fourth-order valence-electron chi connectivity index (χ4n) is 2.34. The summed E-state index contributed by atoms with van der Waals surface area (Å²) in [5.74, 6) is 0.853. The van der Waals surface area contributed by atoms with Crippen LogP contribution in [0.25, 0.3) is 0 Å². The van der Waals surface area contributed by atoms with Crippen molar-refractivity contribution in [2.75, 3.05) is 13.2 Å². The smallest absolute Gasteiger partial charge is 0.283 e. The van der Waals surface area contributed by atoms with E-state index >= 15 is 0 Å². The van der Waals surface area contributed by atoms with Crippen LogP contribution >= 0.6 is 0 Å². The quantitative estimate of drug-likeness (QED) is 0.801. The molecule has 0 saturated carbocycles. The monoisotopic (exact) mass is 356 g/mol. The lowest BCUT2D eigenvalue weighted by Gasteiger charge is -2.25. The van der Waals surface area contributed by atoms with Crippen LogP contribution in [-0.2, 0) is 4.79 Å². The number of hydrazine groups is 1. The average molecular weight is 356 g/mol. The van der Waals surface area contributed by atoms with Crippen molar-refractivity contribution in [3.63, 3.8) is 0 Å². The summed E-state index contributed by atoms with van der Waals surface area (Å²) >= 11 is 0. The molecule has 7 nitrogen and oxygen atoms in total. The minimum Gasteiger partial charge on any atom is -0.494 e. The molecule has 1 aliphatic heterocycles. The van der Waals surface area contributed by atoms with Gasteiger partial charge in [-0.3, -0.25) is 20.4 Å². The van der Waals surface area contributed by atoms with Gasteiger partial charge < -0.3 is 14.2 Å². The number of carbonyl (C=O) groups is 2. The van der Waals surface area contributed by atoms with Crippen LogP contribution in [0, 0.1) is 0 Å². The first-order valence-electron chi connectivity index (χ1n) is 8.39. The number of rotatable bonds is 5. The van der Waals surface area contributed by atoms with Gasteiger partial charge in [0.2, 0.25) is 6.10 Å².